The first-order chi connectivity index (χ1) is 7.42. The zero-order chi connectivity index (χ0) is 10.5. The third kappa shape index (κ3) is 2.29. The smallest absolute Gasteiger partial charge is 0.207 e. The van der Waals surface area contributed by atoms with Crippen molar-refractivity contribution in [1.82, 2.24) is 15.1 Å². The first-order valence-electron chi connectivity index (χ1n) is 5.37. The van der Waals surface area contributed by atoms with E-state index in [0.717, 1.165) is 51.1 Å². The number of aromatic nitrogens is 2. The number of aryl methyl sites for hydroxylation is 2. The van der Waals surface area contributed by atoms with Crippen molar-refractivity contribution in [2.45, 2.75) is 25.8 Å². The number of carbonyl (C=O) groups is 1. The van der Waals surface area contributed by atoms with Crippen molar-refractivity contribution >= 4 is 12.2 Å². The zero-order valence-electron chi connectivity index (χ0n) is 8.70. The van der Waals surface area contributed by atoms with Crippen molar-refractivity contribution in [1.29, 1.82) is 0 Å². The van der Waals surface area contributed by atoms with Gasteiger partial charge in [-0.15, -0.1) is 0 Å². The molecule has 2 N–H and O–H groups in total. The van der Waals surface area contributed by atoms with Crippen LogP contribution in [0, 0.1) is 0 Å². The summed E-state index contributed by atoms with van der Waals surface area (Å²) >= 11 is 0. The summed E-state index contributed by atoms with van der Waals surface area (Å²) < 4.78 is 2.02. The van der Waals surface area contributed by atoms with Crippen LogP contribution in [0.25, 0.3) is 0 Å². The Kier molecular flexibility index (Phi) is 3.22. The molecule has 1 aliphatic rings. The highest BCUT2D eigenvalue weighted by Crippen LogP contribution is 2.20. The third-order valence-electron chi connectivity index (χ3n) is 2.60. The Balaban J connectivity index is 1.90. The molecule has 2 rings (SSSR count). The van der Waals surface area contributed by atoms with E-state index in [1.165, 1.54) is 5.56 Å². The number of rotatable bonds is 5. The lowest BCUT2D eigenvalue weighted by atomic mass is 10.1. The summed E-state index contributed by atoms with van der Waals surface area (Å²) in [6, 6.07) is 0. The van der Waals surface area contributed by atoms with E-state index in [1.54, 1.807) is 0 Å². The number of amides is 1. The highest BCUT2D eigenvalue weighted by Gasteiger charge is 2.13. The van der Waals surface area contributed by atoms with Gasteiger partial charge in [0.2, 0.25) is 6.41 Å². The molecule has 0 bridgehead atoms. The molecule has 0 unspecified atom stereocenters. The van der Waals surface area contributed by atoms with Crippen molar-refractivity contribution in [3.05, 3.63) is 11.8 Å². The number of anilines is 1. The standard InChI is InChI=1S/C10H16N4O/c15-8-11-4-1-3-9-7-13-14-6-2-5-12-10(9)14/h7-8,12H,1-6H2,(H,11,15). The SMILES string of the molecule is O=CNCCCc1cnn2c1NCCC2. The minimum Gasteiger partial charge on any atom is -0.370 e. The van der Waals surface area contributed by atoms with Crippen LogP contribution in [0.2, 0.25) is 0 Å². The van der Waals surface area contributed by atoms with Gasteiger partial charge in [-0.05, 0) is 19.3 Å². The van der Waals surface area contributed by atoms with Gasteiger partial charge >= 0.3 is 0 Å². The summed E-state index contributed by atoms with van der Waals surface area (Å²) in [5, 5.41) is 10.3. The van der Waals surface area contributed by atoms with Crippen LogP contribution < -0.4 is 10.6 Å². The molecular formula is C10H16N4O. The summed E-state index contributed by atoms with van der Waals surface area (Å²) in [6.07, 6.45) is 5.73. The maximum absolute atomic E-state index is 10.1. The molecule has 15 heavy (non-hydrogen) atoms. The summed E-state index contributed by atoms with van der Waals surface area (Å²) in [4.78, 5) is 10.1. The van der Waals surface area contributed by atoms with Gasteiger partial charge < -0.3 is 10.6 Å². The number of hydrogen-bond donors (Lipinski definition) is 2. The van der Waals surface area contributed by atoms with Crippen LogP contribution in [0.4, 0.5) is 5.82 Å². The number of nitrogens with zero attached hydrogens (tertiary/aromatic N) is 2. The highest BCUT2D eigenvalue weighted by molar-refractivity contribution is 5.46. The van der Waals surface area contributed by atoms with Gasteiger partial charge in [0.25, 0.3) is 0 Å². The van der Waals surface area contributed by atoms with Crippen molar-refractivity contribution in [3.8, 4) is 0 Å². The average molecular weight is 208 g/mol. The van der Waals surface area contributed by atoms with Crippen LogP contribution in [0.3, 0.4) is 0 Å². The molecular weight excluding hydrogens is 192 g/mol. The maximum atomic E-state index is 10.1. The lowest BCUT2D eigenvalue weighted by Gasteiger charge is -2.16. The van der Waals surface area contributed by atoms with Gasteiger partial charge in [0.15, 0.2) is 0 Å². The van der Waals surface area contributed by atoms with Gasteiger partial charge in [-0.25, -0.2) is 4.68 Å². The lowest BCUT2D eigenvalue weighted by Crippen LogP contribution is -2.18. The van der Waals surface area contributed by atoms with Crippen LogP contribution >= 0.6 is 0 Å². The Morgan fingerprint density at radius 3 is 3.47 bits per heavy atom. The van der Waals surface area contributed by atoms with E-state index in [1.807, 2.05) is 10.9 Å². The summed E-state index contributed by atoms with van der Waals surface area (Å²) in [5.41, 5.74) is 1.25. The number of nitrogens with one attached hydrogen (secondary N) is 2. The zero-order valence-corrected chi connectivity index (χ0v) is 8.70. The summed E-state index contributed by atoms with van der Waals surface area (Å²) in [5.74, 6) is 1.16. The van der Waals surface area contributed by atoms with Crippen LogP contribution in [-0.4, -0.2) is 29.3 Å². The summed E-state index contributed by atoms with van der Waals surface area (Å²) in [7, 11) is 0. The molecule has 5 heteroatoms. The molecule has 0 saturated heterocycles. The van der Waals surface area contributed by atoms with E-state index in [4.69, 9.17) is 0 Å². The van der Waals surface area contributed by atoms with Gasteiger partial charge in [-0.1, -0.05) is 0 Å². The fourth-order valence-electron chi connectivity index (χ4n) is 1.86. The molecule has 0 saturated carbocycles. The fraction of sp³-hybridized carbons (Fsp3) is 0.600. The molecule has 0 fully saturated rings. The molecule has 82 valence electrons. The lowest BCUT2D eigenvalue weighted by molar-refractivity contribution is -0.109. The molecule has 0 aromatic carbocycles. The van der Waals surface area contributed by atoms with Gasteiger partial charge in [-0.3, -0.25) is 4.79 Å². The van der Waals surface area contributed by atoms with Crippen molar-refractivity contribution in [2.75, 3.05) is 18.4 Å². The molecule has 0 atom stereocenters. The first kappa shape index (κ1) is 10.0. The Morgan fingerprint density at radius 1 is 1.67 bits per heavy atom. The molecule has 0 radical (unpaired) electrons. The number of fused-ring (bicyclic) bond motifs is 1. The van der Waals surface area contributed by atoms with Crippen LogP contribution in [0.15, 0.2) is 6.20 Å². The predicted molar refractivity (Wildman–Crippen MR) is 57.7 cm³/mol. The minimum absolute atomic E-state index is 0.730. The largest absolute Gasteiger partial charge is 0.370 e. The first-order valence-corrected chi connectivity index (χ1v) is 5.37. The van der Waals surface area contributed by atoms with Crippen molar-refractivity contribution in [2.24, 2.45) is 0 Å². The number of carbonyl (C=O) groups excluding carboxylic acids is 1. The van der Waals surface area contributed by atoms with Gasteiger partial charge in [0.1, 0.15) is 5.82 Å². The Morgan fingerprint density at radius 2 is 2.60 bits per heavy atom. The van der Waals surface area contributed by atoms with E-state index in [-0.39, 0.29) is 0 Å². The molecule has 0 aliphatic carbocycles. The molecule has 1 aromatic heterocycles. The van der Waals surface area contributed by atoms with E-state index >= 15 is 0 Å². The minimum atomic E-state index is 0.730. The predicted octanol–water partition coefficient (Wildman–Crippen LogP) is 0.377. The highest BCUT2D eigenvalue weighted by atomic mass is 16.1. The normalized spacial score (nSPS) is 14.1. The van der Waals surface area contributed by atoms with Gasteiger partial charge in [0, 0.05) is 25.2 Å². The number of hydrogen-bond acceptors (Lipinski definition) is 3. The van der Waals surface area contributed by atoms with E-state index in [9.17, 15) is 4.79 Å². The molecule has 1 amide bonds. The van der Waals surface area contributed by atoms with E-state index in [2.05, 4.69) is 15.7 Å². The molecule has 2 heterocycles. The second kappa shape index (κ2) is 4.82. The van der Waals surface area contributed by atoms with Crippen LogP contribution in [-0.2, 0) is 17.8 Å². The monoisotopic (exact) mass is 208 g/mol. The quantitative estimate of drug-likeness (QED) is 0.543. The van der Waals surface area contributed by atoms with Crippen molar-refractivity contribution in [3.63, 3.8) is 0 Å². The second-order valence-corrected chi connectivity index (χ2v) is 3.70. The average Bonchev–Trinajstić information content (AvgIpc) is 2.68. The van der Waals surface area contributed by atoms with Crippen LogP contribution in [0.5, 0.6) is 0 Å². The van der Waals surface area contributed by atoms with E-state index < -0.39 is 0 Å². The molecule has 1 aliphatic heterocycles. The Bertz CT molecular complexity index is 334. The Hall–Kier alpha value is -1.52. The molecule has 0 spiro atoms. The maximum Gasteiger partial charge on any atom is 0.207 e. The molecule has 5 nitrogen and oxygen atoms in total. The summed E-state index contributed by atoms with van der Waals surface area (Å²) in [6.45, 7) is 2.77. The van der Waals surface area contributed by atoms with Gasteiger partial charge in [-0.2, -0.15) is 5.10 Å². The fourth-order valence-corrected chi connectivity index (χ4v) is 1.86. The Labute approximate surface area is 88.8 Å². The second-order valence-electron chi connectivity index (χ2n) is 3.70. The van der Waals surface area contributed by atoms with Gasteiger partial charge in [0.05, 0.1) is 6.20 Å². The molecule has 1 aromatic rings. The van der Waals surface area contributed by atoms with Crippen LogP contribution in [0.1, 0.15) is 18.4 Å². The van der Waals surface area contributed by atoms with E-state index in [0.29, 0.717) is 0 Å². The topological polar surface area (TPSA) is 59.0 Å². The van der Waals surface area contributed by atoms with Crippen molar-refractivity contribution < 1.29 is 4.79 Å². The third-order valence-corrected chi connectivity index (χ3v) is 2.60.